The first kappa shape index (κ1) is 13.4. The molecule has 1 aromatic carbocycles. The molecule has 0 bridgehead atoms. The van der Waals surface area contributed by atoms with Gasteiger partial charge in [0.15, 0.2) is 0 Å². The van der Waals surface area contributed by atoms with Gasteiger partial charge in [0.25, 0.3) is 0 Å². The lowest BCUT2D eigenvalue weighted by Crippen LogP contribution is -2.28. The van der Waals surface area contributed by atoms with Crippen molar-refractivity contribution in [3.05, 3.63) is 29.8 Å². The SMILES string of the molecule is CC(C)Oc1cccc(C(C)NC2CCCC2)c1. The number of hydrogen-bond acceptors (Lipinski definition) is 2. The molecule has 100 valence electrons. The van der Waals surface area contributed by atoms with E-state index in [0.29, 0.717) is 12.1 Å². The highest BCUT2D eigenvalue weighted by molar-refractivity contribution is 5.30. The Hall–Kier alpha value is -1.02. The summed E-state index contributed by atoms with van der Waals surface area (Å²) < 4.78 is 5.75. The molecule has 1 unspecified atom stereocenters. The summed E-state index contributed by atoms with van der Waals surface area (Å²) in [5, 5.41) is 3.72. The molecule has 0 spiro atoms. The van der Waals surface area contributed by atoms with E-state index in [9.17, 15) is 0 Å². The highest BCUT2D eigenvalue weighted by atomic mass is 16.5. The van der Waals surface area contributed by atoms with Gasteiger partial charge < -0.3 is 10.1 Å². The summed E-state index contributed by atoms with van der Waals surface area (Å²) in [6, 6.07) is 9.57. The summed E-state index contributed by atoms with van der Waals surface area (Å²) in [6.45, 7) is 6.37. The standard InChI is InChI=1S/C16H25NO/c1-12(2)18-16-10-6-7-14(11-16)13(3)17-15-8-4-5-9-15/h6-7,10-13,15,17H,4-5,8-9H2,1-3H3. The average molecular weight is 247 g/mol. The van der Waals surface area contributed by atoms with Crippen molar-refractivity contribution < 1.29 is 4.74 Å². The van der Waals surface area contributed by atoms with Gasteiger partial charge in [0.1, 0.15) is 5.75 Å². The predicted molar refractivity (Wildman–Crippen MR) is 76.0 cm³/mol. The van der Waals surface area contributed by atoms with Crippen molar-refractivity contribution in [1.29, 1.82) is 0 Å². The van der Waals surface area contributed by atoms with Crippen LogP contribution in [0.4, 0.5) is 0 Å². The van der Waals surface area contributed by atoms with E-state index < -0.39 is 0 Å². The fourth-order valence-corrected chi connectivity index (χ4v) is 2.67. The second-order valence-electron chi connectivity index (χ2n) is 5.61. The Balaban J connectivity index is 1.98. The van der Waals surface area contributed by atoms with Crippen LogP contribution < -0.4 is 10.1 Å². The van der Waals surface area contributed by atoms with Crippen LogP contribution in [0.3, 0.4) is 0 Å². The minimum Gasteiger partial charge on any atom is -0.491 e. The average Bonchev–Trinajstić information content (AvgIpc) is 2.81. The van der Waals surface area contributed by atoms with Gasteiger partial charge in [-0.05, 0) is 51.3 Å². The van der Waals surface area contributed by atoms with Crippen LogP contribution in [0.1, 0.15) is 58.1 Å². The molecule has 1 atom stereocenters. The zero-order chi connectivity index (χ0) is 13.0. The molecule has 0 saturated heterocycles. The fraction of sp³-hybridized carbons (Fsp3) is 0.625. The van der Waals surface area contributed by atoms with Crippen LogP contribution in [0.15, 0.2) is 24.3 Å². The van der Waals surface area contributed by atoms with Gasteiger partial charge in [0, 0.05) is 12.1 Å². The van der Waals surface area contributed by atoms with E-state index in [4.69, 9.17) is 4.74 Å². The number of rotatable bonds is 5. The Morgan fingerprint density at radius 3 is 2.56 bits per heavy atom. The summed E-state index contributed by atoms with van der Waals surface area (Å²) in [5.41, 5.74) is 1.32. The van der Waals surface area contributed by atoms with E-state index in [0.717, 1.165) is 5.75 Å². The van der Waals surface area contributed by atoms with Crippen LogP contribution >= 0.6 is 0 Å². The Labute approximate surface area is 111 Å². The maximum atomic E-state index is 5.75. The first-order valence-corrected chi connectivity index (χ1v) is 7.18. The van der Waals surface area contributed by atoms with E-state index >= 15 is 0 Å². The van der Waals surface area contributed by atoms with Gasteiger partial charge in [-0.3, -0.25) is 0 Å². The first-order chi connectivity index (χ1) is 8.65. The molecule has 1 N–H and O–H groups in total. The number of ether oxygens (including phenoxy) is 1. The molecular formula is C16H25NO. The largest absolute Gasteiger partial charge is 0.491 e. The monoisotopic (exact) mass is 247 g/mol. The first-order valence-electron chi connectivity index (χ1n) is 7.18. The normalized spacial score (nSPS) is 18.2. The zero-order valence-electron chi connectivity index (χ0n) is 11.8. The third-order valence-electron chi connectivity index (χ3n) is 3.57. The molecule has 1 aliphatic rings. The fourth-order valence-electron chi connectivity index (χ4n) is 2.67. The predicted octanol–water partition coefficient (Wildman–Crippen LogP) is 4.07. The molecule has 1 saturated carbocycles. The molecule has 0 aromatic heterocycles. The van der Waals surface area contributed by atoms with E-state index in [1.54, 1.807) is 0 Å². The van der Waals surface area contributed by atoms with Crippen molar-refractivity contribution >= 4 is 0 Å². The number of nitrogens with one attached hydrogen (secondary N) is 1. The van der Waals surface area contributed by atoms with Crippen molar-refractivity contribution in [2.45, 2.75) is 64.6 Å². The van der Waals surface area contributed by atoms with E-state index in [1.807, 2.05) is 6.07 Å². The molecule has 2 heteroatoms. The van der Waals surface area contributed by atoms with Gasteiger partial charge >= 0.3 is 0 Å². The maximum Gasteiger partial charge on any atom is 0.120 e. The molecule has 2 nitrogen and oxygen atoms in total. The van der Waals surface area contributed by atoms with Crippen molar-refractivity contribution in [2.24, 2.45) is 0 Å². The molecule has 1 aromatic rings. The van der Waals surface area contributed by atoms with Gasteiger partial charge in [0.05, 0.1) is 6.10 Å². The minimum absolute atomic E-state index is 0.235. The Morgan fingerprint density at radius 2 is 1.89 bits per heavy atom. The van der Waals surface area contributed by atoms with Crippen LogP contribution in [-0.2, 0) is 0 Å². The maximum absolute atomic E-state index is 5.75. The summed E-state index contributed by atoms with van der Waals surface area (Å²) >= 11 is 0. The van der Waals surface area contributed by atoms with Crippen LogP contribution in [-0.4, -0.2) is 12.1 Å². The molecule has 0 aliphatic heterocycles. The third-order valence-corrected chi connectivity index (χ3v) is 3.57. The van der Waals surface area contributed by atoms with Gasteiger partial charge in [-0.25, -0.2) is 0 Å². The quantitative estimate of drug-likeness (QED) is 0.847. The van der Waals surface area contributed by atoms with Crippen molar-refractivity contribution in [2.75, 3.05) is 0 Å². The van der Waals surface area contributed by atoms with Crippen molar-refractivity contribution in [3.8, 4) is 5.75 Å². The van der Waals surface area contributed by atoms with Crippen molar-refractivity contribution in [3.63, 3.8) is 0 Å². The van der Waals surface area contributed by atoms with Gasteiger partial charge in [-0.1, -0.05) is 25.0 Å². The Morgan fingerprint density at radius 1 is 1.17 bits per heavy atom. The van der Waals surface area contributed by atoms with Crippen LogP contribution in [0.5, 0.6) is 5.75 Å². The van der Waals surface area contributed by atoms with E-state index in [2.05, 4.69) is 44.3 Å². The lowest BCUT2D eigenvalue weighted by molar-refractivity contribution is 0.242. The van der Waals surface area contributed by atoms with Crippen LogP contribution in [0, 0.1) is 0 Å². The van der Waals surface area contributed by atoms with Crippen LogP contribution in [0.2, 0.25) is 0 Å². The molecule has 0 amide bonds. The Kier molecular flexibility index (Phi) is 4.65. The second kappa shape index (κ2) is 6.24. The summed E-state index contributed by atoms with van der Waals surface area (Å²) in [6.07, 6.45) is 5.64. The highest BCUT2D eigenvalue weighted by Gasteiger charge is 2.17. The third kappa shape index (κ3) is 3.74. The topological polar surface area (TPSA) is 21.3 Å². The van der Waals surface area contributed by atoms with Gasteiger partial charge in [-0.15, -0.1) is 0 Å². The van der Waals surface area contributed by atoms with Gasteiger partial charge in [0.2, 0.25) is 0 Å². The number of benzene rings is 1. The molecule has 18 heavy (non-hydrogen) atoms. The summed E-state index contributed by atoms with van der Waals surface area (Å²) in [5.74, 6) is 0.975. The van der Waals surface area contributed by atoms with Crippen molar-refractivity contribution in [1.82, 2.24) is 5.32 Å². The lowest BCUT2D eigenvalue weighted by Gasteiger charge is -2.20. The minimum atomic E-state index is 0.235. The highest BCUT2D eigenvalue weighted by Crippen LogP contribution is 2.24. The van der Waals surface area contributed by atoms with Gasteiger partial charge in [-0.2, -0.15) is 0 Å². The van der Waals surface area contributed by atoms with E-state index in [-0.39, 0.29) is 6.10 Å². The molecule has 0 radical (unpaired) electrons. The zero-order valence-corrected chi connectivity index (χ0v) is 11.8. The number of hydrogen-bond donors (Lipinski definition) is 1. The summed E-state index contributed by atoms with van der Waals surface area (Å²) in [4.78, 5) is 0. The summed E-state index contributed by atoms with van der Waals surface area (Å²) in [7, 11) is 0. The molecule has 1 fully saturated rings. The Bertz CT molecular complexity index is 369. The second-order valence-corrected chi connectivity index (χ2v) is 5.61. The molecule has 1 aliphatic carbocycles. The van der Waals surface area contributed by atoms with Crippen LogP contribution in [0.25, 0.3) is 0 Å². The molecule has 2 rings (SSSR count). The van der Waals surface area contributed by atoms with E-state index in [1.165, 1.54) is 31.2 Å². The smallest absolute Gasteiger partial charge is 0.120 e. The lowest BCUT2D eigenvalue weighted by atomic mass is 10.1. The molecular weight excluding hydrogens is 222 g/mol. The molecule has 0 heterocycles.